The molecule has 0 bridgehead atoms. The summed E-state index contributed by atoms with van der Waals surface area (Å²) in [5, 5.41) is 0. The van der Waals surface area contributed by atoms with Gasteiger partial charge in [-0.25, -0.2) is 13.1 Å². The molecular weight excluding hydrogens is 428 g/mol. The first-order valence-corrected chi connectivity index (χ1v) is 12.4. The van der Waals surface area contributed by atoms with E-state index in [-0.39, 0.29) is 15.8 Å². The Morgan fingerprint density at radius 3 is 2.39 bits per heavy atom. The van der Waals surface area contributed by atoms with Crippen molar-refractivity contribution in [2.45, 2.75) is 37.8 Å². The first-order valence-electron chi connectivity index (χ1n) is 10.1. The number of thiazole rings is 1. The van der Waals surface area contributed by atoms with Crippen LogP contribution in [0, 0.1) is 6.92 Å². The van der Waals surface area contributed by atoms with Gasteiger partial charge in [-0.15, -0.1) is 0 Å². The monoisotopic (exact) mass is 452 g/mol. The SMILES string of the molecule is CC[C@H](NS(=O)(=O)c1ccc2c(c1)sc(=O)n2Cc1ccccc1)c1ccc(C)cc1. The molecule has 4 aromatic rings. The van der Waals surface area contributed by atoms with Gasteiger partial charge in [0.1, 0.15) is 0 Å². The van der Waals surface area contributed by atoms with E-state index in [0.29, 0.717) is 17.7 Å². The molecule has 0 saturated carbocycles. The van der Waals surface area contributed by atoms with Gasteiger partial charge in [-0.1, -0.05) is 78.4 Å². The van der Waals surface area contributed by atoms with Crippen LogP contribution in [0.2, 0.25) is 0 Å². The molecule has 1 aromatic heterocycles. The molecule has 1 N–H and O–H groups in total. The van der Waals surface area contributed by atoms with Crippen molar-refractivity contribution in [3.8, 4) is 0 Å². The van der Waals surface area contributed by atoms with Gasteiger partial charge >= 0.3 is 4.87 Å². The van der Waals surface area contributed by atoms with Gasteiger partial charge in [0.25, 0.3) is 0 Å². The quantitative estimate of drug-likeness (QED) is 0.436. The van der Waals surface area contributed by atoms with Crippen LogP contribution < -0.4 is 9.60 Å². The van der Waals surface area contributed by atoms with E-state index in [4.69, 9.17) is 0 Å². The van der Waals surface area contributed by atoms with Crippen LogP contribution in [0.25, 0.3) is 10.2 Å². The molecule has 7 heteroatoms. The Kier molecular flexibility index (Phi) is 6.09. The number of rotatable bonds is 7. The van der Waals surface area contributed by atoms with Crippen LogP contribution in [0.4, 0.5) is 0 Å². The van der Waals surface area contributed by atoms with E-state index in [1.165, 1.54) is 0 Å². The number of hydrogen-bond donors (Lipinski definition) is 1. The van der Waals surface area contributed by atoms with Gasteiger partial charge in [0, 0.05) is 6.04 Å². The molecule has 160 valence electrons. The molecule has 0 aliphatic rings. The second-order valence-electron chi connectivity index (χ2n) is 7.56. The summed E-state index contributed by atoms with van der Waals surface area (Å²) in [7, 11) is -3.74. The maximum Gasteiger partial charge on any atom is 0.308 e. The van der Waals surface area contributed by atoms with E-state index >= 15 is 0 Å². The topological polar surface area (TPSA) is 68.2 Å². The summed E-state index contributed by atoms with van der Waals surface area (Å²) < 4.78 is 31.3. The zero-order chi connectivity index (χ0) is 22.0. The molecule has 0 aliphatic carbocycles. The zero-order valence-electron chi connectivity index (χ0n) is 17.4. The molecule has 0 spiro atoms. The van der Waals surface area contributed by atoms with Crippen molar-refractivity contribution in [1.29, 1.82) is 0 Å². The molecule has 5 nitrogen and oxygen atoms in total. The first-order chi connectivity index (χ1) is 14.9. The number of aromatic nitrogens is 1. The average molecular weight is 453 g/mol. The van der Waals surface area contributed by atoms with Crippen molar-refractivity contribution in [3.63, 3.8) is 0 Å². The third-order valence-electron chi connectivity index (χ3n) is 5.32. The summed E-state index contributed by atoms with van der Waals surface area (Å²) in [6, 6.07) is 22.2. The molecule has 0 aliphatic heterocycles. The molecule has 0 radical (unpaired) electrons. The molecule has 1 heterocycles. The van der Waals surface area contributed by atoms with E-state index in [1.54, 1.807) is 22.8 Å². The third kappa shape index (κ3) is 4.63. The molecule has 31 heavy (non-hydrogen) atoms. The van der Waals surface area contributed by atoms with Crippen LogP contribution in [0.5, 0.6) is 0 Å². The fourth-order valence-corrected chi connectivity index (χ4v) is 5.91. The highest BCUT2D eigenvalue weighted by atomic mass is 32.2. The Labute approximate surface area is 186 Å². The van der Waals surface area contributed by atoms with E-state index in [0.717, 1.165) is 33.5 Å². The van der Waals surface area contributed by atoms with Gasteiger partial charge in [-0.3, -0.25) is 9.36 Å². The first kappa shape index (κ1) is 21.5. The Morgan fingerprint density at radius 2 is 1.71 bits per heavy atom. The van der Waals surface area contributed by atoms with E-state index < -0.39 is 10.0 Å². The maximum absolute atomic E-state index is 13.1. The van der Waals surface area contributed by atoms with Crippen molar-refractivity contribution in [1.82, 2.24) is 9.29 Å². The Balaban J connectivity index is 1.64. The minimum absolute atomic E-state index is 0.104. The highest BCUT2D eigenvalue weighted by Gasteiger charge is 2.21. The highest BCUT2D eigenvalue weighted by Crippen LogP contribution is 2.25. The fraction of sp³-hybridized carbons (Fsp3) is 0.208. The van der Waals surface area contributed by atoms with Gasteiger partial charge < -0.3 is 0 Å². The summed E-state index contributed by atoms with van der Waals surface area (Å²) >= 11 is 1.07. The number of nitrogens with one attached hydrogen (secondary N) is 1. The lowest BCUT2D eigenvalue weighted by atomic mass is 10.0. The molecule has 0 saturated heterocycles. The van der Waals surface area contributed by atoms with Crippen molar-refractivity contribution in [2.75, 3.05) is 0 Å². The Morgan fingerprint density at radius 1 is 1.00 bits per heavy atom. The van der Waals surface area contributed by atoms with Crippen LogP contribution in [-0.2, 0) is 16.6 Å². The molecule has 0 fully saturated rings. The number of aryl methyl sites for hydroxylation is 1. The van der Waals surface area contributed by atoms with Gasteiger partial charge in [0.15, 0.2) is 0 Å². The molecular formula is C24H24N2O3S2. The summed E-state index contributed by atoms with van der Waals surface area (Å²) in [4.78, 5) is 12.6. The zero-order valence-corrected chi connectivity index (χ0v) is 19.0. The van der Waals surface area contributed by atoms with E-state index in [9.17, 15) is 13.2 Å². The lowest BCUT2D eigenvalue weighted by Gasteiger charge is -2.18. The lowest BCUT2D eigenvalue weighted by Crippen LogP contribution is -2.28. The number of fused-ring (bicyclic) bond motifs is 1. The maximum atomic E-state index is 13.1. The number of nitrogens with zero attached hydrogens (tertiary/aromatic N) is 1. The van der Waals surface area contributed by atoms with Crippen molar-refractivity contribution < 1.29 is 8.42 Å². The van der Waals surface area contributed by atoms with Crippen molar-refractivity contribution in [3.05, 3.63) is 99.2 Å². The minimum Gasteiger partial charge on any atom is -0.294 e. The summed E-state index contributed by atoms with van der Waals surface area (Å²) in [6.45, 7) is 4.40. The fourth-order valence-electron chi connectivity index (χ4n) is 3.57. The Hall–Kier alpha value is -2.74. The Bertz CT molecular complexity index is 1360. The van der Waals surface area contributed by atoms with Crippen molar-refractivity contribution >= 4 is 31.6 Å². The van der Waals surface area contributed by atoms with Gasteiger partial charge in [-0.2, -0.15) is 0 Å². The predicted molar refractivity (Wildman–Crippen MR) is 126 cm³/mol. The van der Waals surface area contributed by atoms with Crippen LogP contribution in [-0.4, -0.2) is 13.0 Å². The molecule has 4 rings (SSSR count). The molecule has 1 atom stereocenters. The standard InChI is InChI=1S/C24H24N2O3S2/c1-3-21(19-11-9-17(2)10-12-19)25-31(28,29)20-13-14-22-23(15-20)30-24(27)26(22)16-18-7-5-4-6-8-18/h4-15,21,25H,3,16H2,1-2H3/t21-/m0/s1. The van der Waals surface area contributed by atoms with Gasteiger partial charge in [0.2, 0.25) is 10.0 Å². The number of benzene rings is 3. The van der Waals surface area contributed by atoms with Crippen LogP contribution in [0.15, 0.2) is 82.5 Å². The average Bonchev–Trinajstić information content (AvgIpc) is 3.08. The molecule has 0 unspecified atom stereocenters. The van der Waals surface area contributed by atoms with Crippen LogP contribution >= 0.6 is 11.3 Å². The van der Waals surface area contributed by atoms with Crippen molar-refractivity contribution in [2.24, 2.45) is 0 Å². The molecule has 3 aromatic carbocycles. The van der Waals surface area contributed by atoms with Gasteiger partial charge in [0.05, 0.1) is 21.7 Å². The van der Waals surface area contributed by atoms with Gasteiger partial charge in [-0.05, 0) is 42.7 Å². The highest BCUT2D eigenvalue weighted by molar-refractivity contribution is 7.89. The summed E-state index contributed by atoms with van der Waals surface area (Å²) in [5.74, 6) is 0. The third-order valence-corrected chi connectivity index (χ3v) is 7.73. The summed E-state index contributed by atoms with van der Waals surface area (Å²) in [5.41, 5.74) is 3.81. The predicted octanol–water partition coefficient (Wildman–Crippen LogP) is 4.85. The van der Waals surface area contributed by atoms with Crippen LogP contribution in [0.3, 0.4) is 0 Å². The van der Waals surface area contributed by atoms with E-state index in [2.05, 4.69) is 4.72 Å². The second kappa shape index (κ2) is 8.78. The van der Waals surface area contributed by atoms with E-state index in [1.807, 2.05) is 68.4 Å². The smallest absolute Gasteiger partial charge is 0.294 e. The van der Waals surface area contributed by atoms with Crippen LogP contribution in [0.1, 0.15) is 36.1 Å². The lowest BCUT2D eigenvalue weighted by molar-refractivity contribution is 0.550. The molecule has 0 amide bonds. The normalized spacial score (nSPS) is 12.8. The summed E-state index contributed by atoms with van der Waals surface area (Å²) in [6.07, 6.45) is 0.630. The number of sulfonamides is 1. The second-order valence-corrected chi connectivity index (χ2v) is 10.3. The minimum atomic E-state index is -3.74. The largest absolute Gasteiger partial charge is 0.308 e. The number of hydrogen-bond acceptors (Lipinski definition) is 4.